The van der Waals surface area contributed by atoms with Gasteiger partial charge >= 0.3 is 5.97 Å². The number of anilines is 1. The number of thioether (sulfide) groups is 1. The lowest BCUT2D eigenvalue weighted by Gasteiger charge is -2.18. The van der Waals surface area contributed by atoms with E-state index in [1.807, 2.05) is 0 Å². The summed E-state index contributed by atoms with van der Waals surface area (Å²) in [6.45, 7) is 2.37. The minimum Gasteiger partial charge on any atom is -0.493 e. The highest BCUT2D eigenvalue weighted by atomic mass is 32.2. The van der Waals surface area contributed by atoms with E-state index in [0.717, 1.165) is 5.75 Å². The number of rotatable bonds is 4. The zero-order valence-electron chi connectivity index (χ0n) is 10.3. The monoisotopic (exact) mass is 279 g/mol. The van der Waals surface area contributed by atoms with Crippen LogP contribution < -0.4 is 5.32 Å². The van der Waals surface area contributed by atoms with Crippen molar-refractivity contribution in [2.45, 2.75) is 6.92 Å². The lowest BCUT2D eigenvalue weighted by molar-refractivity contribution is -0.105. The zero-order chi connectivity index (χ0) is 13.7. The van der Waals surface area contributed by atoms with Crippen molar-refractivity contribution < 1.29 is 19.1 Å². The molecule has 0 fully saturated rings. The van der Waals surface area contributed by atoms with Crippen LogP contribution in [0, 0.1) is 0 Å². The molecule has 1 amide bonds. The highest BCUT2D eigenvalue weighted by molar-refractivity contribution is 8.02. The number of esters is 1. The molecule has 5 nitrogen and oxygen atoms in total. The molecule has 1 aromatic rings. The lowest BCUT2D eigenvalue weighted by atomic mass is 10.2. The van der Waals surface area contributed by atoms with Gasteiger partial charge in [-0.25, -0.2) is 4.79 Å². The van der Waals surface area contributed by atoms with E-state index in [2.05, 4.69) is 5.32 Å². The first kappa shape index (κ1) is 13.5. The van der Waals surface area contributed by atoms with Gasteiger partial charge in [-0.15, -0.1) is 0 Å². The Balaban J connectivity index is 2.18. The predicted octanol–water partition coefficient (Wildman–Crippen LogP) is 2.36. The Hall–Kier alpha value is -1.95. The highest BCUT2D eigenvalue weighted by Gasteiger charge is 2.19. The van der Waals surface area contributed by atoms with Gasteiger partial charge in [-0.3, -0.25) is 4.79 Å². The third-order valence-electron chi connectivity index (χ3n) is 2.47. The van der Waals surface area contributed by atoms with E-state index < -0.39 is 5.97 Å². The van der Waals surface area contributed by atoms with Gasteiger partial charge in [-0.1, -0.05) is 23.9 Å². The Morgan fingerprint density at radius 2 is 2.26 bits per heavy atom. The SMILES string of the molecule is CC1=C(OC(=O)c2ccccc2NC=O)SCCO1. The number of carbonyl (C=O) groups is 2. The van der Waals surface area contributed by atoms with E-state index in [-0.39, 0.29) is 0 Å². The molecule has 0 atom stereocenters. The number of hydrogen-bond donors (Lipinski definition) is 1. The second-order valence-electron chi connectivity index (χ2n) is 3.74. The molecular formula is C13H13NO4S. The summed E-state index contributed by atoms with van der Waals surface area (Å²) in [5.74, 6) is 0.830. The van der Waals surface area contributed by atoms with Gasteiger partial charge in [-0.05, 0) is 19.1 Å². The molecule has 0 saturated carbocycles. The number of ether oxygens (including phenoxy) is 2. The van der Waals surface area contributed by atoms with Crippen molar-refractivity contribution >= 4 is 29.8 Å². The van der Waals surface area contributed by atoms with E-state index >= 15 is 0 Å². The first-order valence-corrected chi connectivity index (χ1v) is 6.69. The van der Waals surface area contributed by atoms with Gasteiger partial charge in [0.1, 0.15) is 5.76 Å². The second-order valence-corrected chi connectivity index (χ2v) is 4.81. The Kier molecular flexibility index (Phi) is 4.46. The third-order valence-corrected chi connectivity index (χ3v) is 3.47. The summed E-state index contributed by atoms with van der Waals surface area (Å²) in [4.78, 5) is 22.6. The van der Waals surface area contributed by atoms with Crippen LogP contribution >= 0.6 is 11.8 Å². The van der Waals surface area contributed by atoms with Crippen LogP contribution in [-0.2, 0) is 14.3 Å². The molecule has 1 heterocycles. The molecule has 1 aliphatic rings. The normalized spacial score (nSPS) is 14.6. The smallest absolute Gasteiger partial charge is 0.346 e. The summed E-state index contributed by atoms with van der Waals surface area (Å²) in [7, 11) is 0. The molecule has 1 aliphatic heterocycles. The van der Waals surface area contributed by atoms with Crippen LogP contribution in [-0.4, -0.2) is 24.7 Å². The number of benzene rings is 1. The van der Waals surface area contributed by atoms with Crippen molar-refractivity contribution in [3.8, 4) is 0 Å². The highest BCUT2D eigenvalue weighted by Crippen LogP contribution is 2.28. The molecule has 0 aromatic heterocycles. The van der Waals surface area contributed by atoms with Gasteiger partial charge in [0.2, 0.25) is 11.5 Å². The number of hydrogen-bond acceptors (Lipinski definition) is 5. The summed E-state index contributed by atoms with van der Waals surface area (Å²) in [5, 5.41) is 2.94. The molecule has 1 N–H and O–H groups in total. The Bertz CT molecular complexity index is 527. The minimum atomic E-state index is -0.516. The van der Waals surface area contributed by atoms with Crippen molar-refractivity contribution in [1.29, 1.82) is 0 Å². The fourth-order valence-electron chi connectivity index (χ4n) is 1.58. The van der Waals surface area contributed by atoms with Crippen LogP contribution in [0.2, 0.25) is 0 Å². The molecule has 100 valence electrons. The Morgan fingerprint density at radius 1 is 1.47 bits per heavy atom. The third kappa shape index (κ3) is 3.29. The van der Waals surface area contributed by atoms with E-state index in [1.54, 1.807) is 31.2 Å². The van der Waals surface area contributed by atoms with E-state index in [0.29, 0.717) is 35.1 Å². The first-order valence-electron chi connectivity index (χ1n) is 5.70. The van der Waals surface area contributed by atoms with E-state index in [9.17, 15) is 9.59 Å². The number of carbonyl (C=O) groups excluding carboxylic acids is 2. The van der Waals surface area contributed by atoms with Crippen LogP contribution in [0.1, 0.15) is 17.3 Å². The standard InChI is InChI=1S/C13H13NO4S/c1-9-13(19-7-6-17-9)18-12(16)10-4-2-3-5-11(10)14-8-15/h2-5,8H,6-7H2,1H3,(H,14,15). The summed E-state index contributed by atoms with van der Waals surface area (Å²) in [5.41, 5.74) is 0.726. The van der Waals surface area contributed by atoms with Gasteiger partial charge in [0.25, 0.3) is 0 Å². The van der Waals surface area contributed by atoms with Crippen LogP contribution in [0.3, 0.4) is 0 Å². The van der Waals surface area contributed by atoms with E-state index in [1.165, 1.54) is 11.8 Å². The number of nitrogens with one attached hydrogen (secondary N) is 1. The van der Waals surface area contributed by atoms with Crippen molar-refractivity contribution in [3.05, 3.63) is 40.7 Å². The maximum atomic E-state index is 12.1. The first-order chi connectivity index (χ1) is 9.22. The molecule has 0 unspecified atom stereocenters. The number of allylic oxidation sites excluding steroid dienone is 1. The van der Waals surface area contributed by atoms with Crippen LogP contribution in [0.15, 0.2) is 35.1 Å². The van der Waals surface area contributed by atoms with Crippen molar-refractivity contribution in [2.24, 2.45) is 0 Å². The second kappa shape index (κ2) is 6.29. The maximum Gasteiger partial charge on any atom is 0.346 e. The fourth-order valence-corrected chi connectivity index (χ4v) is 2.33. The quantitative estimate of drug-likeness (QED) is 0.677. The molecule has 2 rings (SSSR count). The average molecular weight is 279 g/mol. The number of para-hydroxylation sites is 1. The van der Waals surface area contributed by atoms with Gasteiger partial charge in [0, 0.05) is 5.75 Å². The number of amides is 1. The molecule has 0 radical (unpaired) electrons. The Labute approximate surface area is 115 Å². The lowest BCUT2D eigenvalue weighted by Crippen LogP contribution is -2.12. The Morgan fingerprint density at radius 3 is 3.00 bits per heavy atom. The van der Waals surface area contributed by atoms with Crippen LogP contribution in [0.25, 0.3) is 0 Å². The van der Waals surface area contributed by atoms with Crippen LogP contribution in [0.5, 0.6) is 0 Å². The van der Waals surface area contributed by atoms with Crippen molar-refractivity contribution in [2.75, 3.05) is 17.7 Å². The molecule has 0 bridgehead atoms. The minimum absolute atomic E-state index is 0.307. The molecule has 0 aliphatic carbocycles. The molecule has 19 heavy (non-hydrogen) atoms. The van der Waals surface area contributed by atoms with Gasteiger partial charge in [0.05, 0.1) is 17.9 Å². The van der Waals surface area contributed by atoms with E-state index in [4.69, 9.17) is 9.47 Å². The maximum absolute atomic E-state index is 12.1. The summed E-state index contributed by atoms with van der Waals surface area (Å²) in [6.07, 6.45) is 0.523. The summed E-state index contributed by atoms with van der Waals surface area (Å²) >= 11 is 1.44. The van der Waals surface area contributed by atoms with Crippen LogP contribution in [0.4, 0.5) is 5.69 Å². The predicted molar refractivity (Wildman–Crippen MR) is 72.7 cm³/mol. The van der Waals surface area contributed by atoms with Gasteiger partial charge in [0.15, 0.2) is 0 Å². The van der Waals surface area contributed by atoms with Gasteiger partial charge < -0.3 is 14.8 Å². The summed E-state index contributed by atoms with van der Waals surface area (Å²) in [6, 6.07) is 6.67. The molecule has 0 saturated heterocycles. The van der Waals surface area contributed by atoms with Gasteiger partial charge in [-0.2, -0.15) is 0 Å². The van der Waals surface area contributed by atoms with Crippen molar-refractivity contribution in [1.82, 2.24) is 0 Å². The average Bonchev–Trinajstić information content (AvgIpc) is 2.42. The van der Waals surface area contributed by atoms with Crippen molar-refractivity contribution in [3.63, 3.8) is 0 Å². The molecule has 6 heteroatoms. The topological polar surface area (TPSA) is 64.6 Å². The molecular weight excluding hydrogens is 266 g/mol. The molecule has 1 aromatic carbocycles. The zero-order valence-corrected chi connectivity index (χ0v) is 11.2. The summed E-state index contributed by atoms with van der Waals surface area (Å²) < 4.78 is 10.6. The molecule has 0 spiro atoms. The fraction of sp³-hybridized carbons (Fsp3) is 0.231. The largest absolute Gasteiger partial charge is 0.493 e.